The molecule has 4 nitrogen and oxygen atoms in total. The maximum atomic E-state index is 6.17. The quantitative estimate of drug-likeness (QED) is 0.651. The molecule has 3 aromatic rings. The van der Waals surface area contributed by atoms with Crippen molar-refractivity contribution in [1.82, 2.24) is 0 Å². The molecule has 0 fully saturated rings. The van der Waals surface area contributed by atoms with E-state index in [1.165, 1.54) is 5.56 Å². The summed E-state index contributed by atoms with van der Waals surface area (Å²) in [6.07, 6.45) is 0. The maximum absolute atomic E-state index is 6.17. The standard InChI is InChI=1S/C22H25NO3/c1-14(2)13-23-18-12-21(26-19-8-6-15(3)10-17(18)19)16-7-9-20(24-4)22(11-16)25-5/h6-12,14H,13H2,1-5H3. The minimum atomic E-state index is 0.497. The number of aryl methyl sites for hydroxylation is 1. The molecule has 0 atom stereocenters. The van der Waals surface area contributed by atoms with Gasteiger partial charge >= 0.3 is 0 Å². The van der Waals surface area contributed by atoms with Gasteiger partial charge in [0.1, 0.15) is 11.3 Å². The van der Waals surface area contributed by atoms with Gasteiger partial charge in [0.05, 0.1) is 19.6 Å². The van der Waals surface area contributed by atoms with Crippen molar-refractivity contribution in [3.63, 3.8) is 0 Å². The molecule has 0 amide bonds. The van der Waals surface area contributed by atoms with Crippen molar-refractivity contribution in [2.24, 2.45) is 10.9 Å². The summed E-state index contributed by atoms with van der Waals surface area (Å²) in [4.78, 5) is 4.82. The van der Waals surface area contributed by atoms with Gasteiger partial charge in [0, 0.05) is 23.6 Å². The third kappa shape index (κ3) is 3.74. The van der Waals surface area contributed by atoms with Gasteiger partial charge in [-0.15, -0.1) is 0 Å². The van der Waals surface area contributed by atoms with E-state index in [0.29, 0.717) is 17.4 Å². The van der Waals surface area contributed by atoms with Crippen LogP contribution in [-0.2, 0) is 0 Å². The summed E-state index contributed by atoms with van der Waals surface area (Å²) in [6.45, 7) is 7.19. The minimum Gasteiger partial charge on any atom is -0.493 e. The lowest BCUT2D eigenvalue weighted by molar-refractivity contribution is 0.355. The molecule has 0 aliphatic rings. The summed E-state index contributed by atoms with van der Waals surface area (Å²) in [5.74, 6) is 2.61. The number of methoxy groups -OCH3 is 2. The Bertz CT molecular complexity index is 986. The van der Waals surface area contributed by atoms with Crippen LogP contribution in [0.3, 0.4) is 0 Å². The van der Waals surface area contributed by atoms with E-state index in [-0.39, 0.29) is 0 Å². The van der Waals surface area contributed by atoms with E-state index in [2.05, 4.69) is 32.9 Å². The summed E-state index contributed by atoms with van der Waals surface area (Å²) in [7, 11) is 3.26. The van der Waals surface area contributed by atoms with Crippen LogP contribution >= 0.6 is 0 Å². The summed E-state index contributed by atoms with van der Waals surface area (Å²) < 4.78 is 16.9. The van der Waals surface area contributed by atoms with Gasteiger partial charge in [0.2, 0.25) is 0 Å². The summed E-state index contributed by atoms with van der Waals surface area (Å²) in [6, 6.07) is 14.0. The average molecular weight is 351 g/mol. The van der Waals surface area contributed by atoms with Gasteiger partial charge in [-0.25, -0.2) is 0 Å². The van der Waals surface area contributed by atoms with Gasteiger partial charge in [-0.3, -0.25) is 4.99 Å². The lowest BCUT2D eigenvalue weighted by Crippen LogP contribution is -2.07. The van der Waals surface area contributed by atoms with Crippen LogP contribution in [0, 0.1) is 12.8 Å². The van der Waals surface area contributed by atoms with E-state index >= 15 is 0 Å². The Kier molecular flexibility index (Phi) is 5.31. The molecule has 3 rings (SSSR count). The third-order valence-corrected chi connectivity index (χ3v) is 4.19. The summed E-state index contributed by atoms with van der Waals surface area (Å²) in [5.41, 5.74) is 2.93. The lowest BCUT2D eigenvalue weighted by Gasteiger charge is -2.10. The fourth-order valence-corrected chi connectivity index (χ4v) is 2.83. The van der Waals surface area contributed by atoms with Crippen LogP contribution in [-0.4, -0.2) is 20.8 Å². The van der Waals surface area contributed by atoms with Crippen molar-refractivity contribution in [3.05, 3.63) is 53.4 Å². The van der Waals surface area contributed by atoms with Crippen LogP contribution in [0.2, 0.25) is 0 Å². The molecule has 1 heterocycles. The van der Waals surface area contributed by atoms with Crippen molar-refractivity contribution >= 4 is 11.0 Å². The molecule has 1 aromatic heterocycles. The third-order valence-electron chi connectivity index (χ3n) is 4.19. The Morgan fingerprint density at radius 3 is 2.42 bits per heavy atom. The number of rotatable bonds is 5. The normalized spacial score (nSPS) is 12.0. The van der Waals surface area contributed by atoms with Crippen LogP contribution in [0.15, 0.2) is 51.9 Å². The molecule has 0 saturated carbocycles. The minimum absolute atomic E-state index is 0.497. The first-order chi connectivity index (χ1) is 12.5. The predicted octanol–water partition coefficient (Wildman–Crippen LogP) is 4.98. The zero-order valence-electron chi connectivity index (χ0n) is 16.0. The fraction of sp³-hybridized carbons (Fsp3) is 0.318. The van der Waals surface area contributed by atoms with E-state index in [1.807, 2.05) is 30.3 Å². The number of benzene rings is 2. The number of nitrogens with zero attached hydrogens (tertiary/aromatic N) is 1. The van der Waals surface area contributed by atoms with Crippen molar-refractivity contribution in [1.29, 1.82) is 0 Å². The molecule has 0 aliphatic heterocycles. The Hall–Kier alpha value is -2.75. The Labute approximate surface area is 154 Å². The molecule has 2 aromatic carbocycles. The van der Waals surface area contributed by atoms with Crippen molar-refractivity contribution in [2.75, 3.05) is 20.8 Å². The highest BCUT2D eigenvalue weighted by Crippen LogP contribution is 2.32. The molecule has 0 N–H and O–H groups in total. The monoisotopic (exact) mass is 351 g/mol. The second kappa shape index (κ2) is 7.65. The predicted molar refractivity (Wildman–Crippen MR) is 105 cm³/mol. The molecular weight excluding hydrogens is 326 g/mol. The molecule has 0 aliphatic carbocycles. The highest BCUT2D eigenvalue weighted by Gasteiger charge is 2.10. The average Bonchev–Trinajstić information content (AvgIpc) is 2.65. The fourth-order valence-electron chi connectivity index (χ4n) is 2.83. The SMILES string of the molecule is COc1ccc(-c2cc(=NCC(C)C)c3cc(C)ccc3o2)cc1OC. The van der Waals surface area contributed by atoms with Gasteiger partial charge in [0.25, 0.3) is 0 Å². The molecular formula is C22H25NO3. The van der Waals surface area contributed by atoms with Crippen LogP contribution in [0.1, 0.15) is 19.4 Å². The molecule has 0 saturated heterocycles. The number of fused-ring (bicyclic) bond motifs is 1. The molecule has 0 spiro atoms. The second-order valence-corrected chi connectivity index (χ2v) is 6.80. The smallest absolute Gasteiger partial charge is 0.161 e. The topological polar surface area (TPSA) is 44.0 Å². The van der Waals surface area contributed by atoms with Crippen molar-refractivity contribution in [3.8, 4) is 22.8 Å². The first-order valence-electron chi connectivity index (χ1n) is 8.79. The molecule has 0 radical (unpaired) electrons. The Morgan fingerprint density at radius 1 is 0.962 bits per heavy atom. The van der Waals surface area contributed by atoms with Gasteiger partial charge < -0.3 is 13.9 Å². The number of hydrogen-bond donors (Lipinski definition) is 0. The van der Waals surface area contributed by atoms with Crippen molar-refractivity contribution in [2.45, 2.75) is 20.8 Å². The summed E-state index contributed by atoms with van der Waals surface area (Å²) >= 11 is 0. The highest BCUT2D eigenvalue weighted by molar-refractivity contribution is 5.79. The van der Waals surface area contributed by atoms with Gasteiger partial charge in [0.15, 0.2) is 11.5 Å². The number of ether oxygens (including phenoxy) is 2. The molecule has 0 unspecified atom stereocenters. The van der Waals surface area contributed by atoms with E-state index in [0.717, 1.165) is 34.2 Å². The van der Waals surface area contributed by atoms with Gasteiger partial charge in [-0.2, -0.15) is 0 Å². The van der Waals surface area contributed by atoms with Gasteiger partial charge in [-0.1, -0.05) is 25.5 Å². The second-order valence-electron chi connectivity index (χ2n) is 6.80. The van der Waals surface area contributed by atoms with Crippen LogP contribution in [0.5, 0.6) is 11.5 Å². The van der Waals surface area contributed by atoms with Crippen LogP contribution < -0.4 is 14.8 Å². The van der Waals surface area contributed by atoms with E-state index < -0.39 is 0 Å². The molecule has 26 heavy (non-hydrogen) atoms. The van der Waals surface area contributed by atoms with Gasteiger partial charge in [-0.05, 0) is 43.2 Å². The molecule has 4 heteroatoms. The Balaban J connectivity index is 2.21. The Morgan fingerprint density at radius 2 is 1.73 bits per heavy atom. The van der Waals surface area contributed by atoms with E-state index in [1.54, 1.807) is 14.2 Å². The zero-order valence-corrected chi connectivity index (χ0v) is 16.0. The van der Waals surface area contributed by atoms with E-state index in [4.69, 9.17) is 18.9 Å². The van der Waals surface area contributed by atoms with Crippen LogP contribution in [0.25, 0.3) is 22.3 Å². The zero-order chi connectivity index (χ0) is 18.7. The number of hydrogen-bond acceptors (Lipinski definition) is 4. The molecule has 0 bridgehead atoms. The largest absolute Gasteiger partial charge is 0.493 e. The first-order valence-corrected chi connectivity index (χ1v) is 8.79. The van der Waals surface area contributed by atoms with Crippen LogP contribution in [0.4, 0.5) is 0 Å². The summed E-state index contributed by atoms with van der Waals surface area (Å²) in [5, 5.41) is 1.99. The first kappa shape index (κ1) is 18.1. The van der Waals surface area contributed by atoms with Crippen molar-refractivity contribution < 1.29 is 13.9 Å². The van der Waals surface area contributed by atoms with E-state index in [9.17, 15) is 0 Å². The maximum Gasteiger partial charge on any atom is 0.161 e. The highest BCUT2D eigenvalue weighted by atomic mass is 16.5. The molecule has 136 valence electrons. The lowest BCUT2D eigenvalue weighted by atomic mass is 10.1.